The molecule has 0 bridgehead atoms. The van der Waals surface area contributed by atoms with Crippen molar-refractivity contribution in [2.75, 3.05) is 5.32 Å². The third-order valence-corrected chi connectivity index (χ3v) is 3.97. The molecule has 2 N–H and O–H groups in total. The second-order valence-corrected chi connectivity index (χ2v) is 5.72. The maximum atomic E-state index is 11.8. The van der Waals surface area contributed by atoms with Crippen LogP contribution in [0.25, 0.3) is 0 Å². The van der Waals surface area contributed by atoms with Crippen LogP contribution in [0.2, 0.25) is 0 Å². The zero-order chi connectivity index (χ0) is 15.7. The minimum Gasteiger partial charge on any atom is -0.385 e. The standard InChI is InChI=1S/C18H29NO2/c1-4-7-12-17(20)19-16-11-9-10-15(14-16)18(21,6-3)13-8-5-2/h9-11,14,21H,4-8,12-13H2,1-3H3,(H,19,20). The summed E-state index contributed by atoms with van der Waals surface area (Å²) in [5, 5.41) is 13.7. The van der Waals surface area contributed by atoms with Gasteiger partial charge >= 0.3 is 0 Å². The summed E-state index contributed by atoms with van der Waals surface area (Å²) in [4.78, 5) is 11.8. The largest absolute Gasteiger partial charge is 0.385 e. The Labute approximate surface area is 128 Å². The Morgan fingerprint density at radius 3 is 2.52 bits per heavy atom. The number of anilines is 1. The molecule has 0 aliphatic rings. The summed E-state index contributed by atoms with van der Waals surface area (Å²) in [5.41, 5.74) is 0.879. The van der Waals surface area contributed by atoms with Gasteiger partial charge in [-0.25, -0.2) is 0 Å². The van der Waals surface area contributed by atoms with Crippen molar-refractivity contribution < 1.29 is 9.90 Å². The van der Waals surface area contributed by atoms with Crippen molar-refractivity contribution in [1.29, 1.82) is 0 Å². The van der Waals surface area contributed by atoms with Crippen LogP contribution in [0.5, 0.6) is 0 Å². The molecule has 3 heteroatoms. The van der Waals surface area contributed by atoms with E-state index in [2.05, 4.69) is 19.2 Å². The van der Waals surface area contributed by atoms with Crippen molar-refractivity contribution in [3.8, 4) is 0 Å². The van der Waals surface area contributed by atoms with Crippen LogP contribution in [0.4, 0.5) is 5.69 Å². The molecule has 118 valence electrons. The summed E-state index contributed by atoms with van der Waals surface area (Å²) in [6, 6.07) is 7.63. The van der Waals surface area contributed by atoms with E-state index in [-0.39, 0.29) is 5.91 Å². The molecule has 0 saturated carbocycles. The van der Waals surface area contributed by atoms with E-state index in [9.17, 15) is 9.90 Å². The van der Waals surface area contributed by atoms with Gasteiger partial charge in [-0.05, 0) is 37.0 Å². The SMILES string of the molecule is CCCCC(=O)Nc1cccc(C(O)(CC)CCCC)c1. The highest BCUT2D eigenvalue weighted by atomic mass is 16.3. The van der Waals surface area contributed by atoms with Gasteiger partial charge in [0.2, 0.25) is 5.91 Å². The molecule has 1 unspecified atom stereocenters. The van der Waals surface area contributed by atoms with Gasteiger partial charge in [-0.1, -0.05) is 52.2 Å². The minimum atomic E-state index is -0.792. The van der Waals surface area contributed by atoms with Gasteiger partial charge in [-0.3, -0.25) is 4.79 Å². The summed E-state index contributed by atoms with van der Waals surface area (Å²) in [6.45, 7) is 6.20. The molecule has 0 saturated heterocycles. The van der Waals surface area contributed by atoms with E-state index < -0.39 is 5.60 Å². The van der Waals surface area contributed by atoms with E-state index in [1.54, 1.807) is 0 Å². The first-order chi connectivity index (χ1) is 10.1. The second kappa shape index (κ2) is 8.83. The van der Waals surface area contributed by atoms with Gasteiger partial charge in [0.1, 0.15) is 0 Å². The Hall–Kier alpha value is -1.35. The van der Waals surface area contributed by atoms with Crippen LogP contribution in [0.1, 0.15) is 71.3 Å². The van der Waals surface area contributed by atoms with Crippen LogP contribution in [0, 0.1) is 0 Å². The van der Waals surface area contributed by atoms with E-state index in [4.69, 9.17) is 0 Å². The van der Waals surface area contributed by atoms with E-state index in [1.807, 2.05) is 31.2 Å². The van der Waals surface area contributed by atoms with E-state index in [0.29, 0.717) is 12.8 Å². The third kappa shape index (κ3) is 5.50. The van der Waals surface area contributed by atoms with Crippen molar-refractivity contribution in [3.05, 3.63) is 29.8 Å². The molecule has 1 aromatic carbocycles. The predicted octanol–water partition coefficient (Wildman–Crippen LogP) is 4.60. The highest BCUT2D eigenvalue weighted by Crippen LogP contribution is 2.32. The van der Waals surface area contributed by atoms with Crippen molar-refractivity contribution in [1.82, 2.24) is 0 Å². The molecule has 0 heterocycles. The molecule has 1 amide bonds. The highest BCUT2D eigenvalue weighted by molar-refractivity contribution is 5.90. The van der Waals surface area contributed by atoms with E-state index >= 15 is 0 Å². The lowest BCUT2D eigenvalue weighted by Crippen LogP contribution is -2.25. The van der Waals surface area contributed by atoms with E-state index in [0.717, 1.165) is 43.4 Å². The summed E-state index contributed by atoms with van der Waals surface area (Å²) >= 11 is 0. The van der Waals surface area contributed by atoms with Gasteiger partial charge in [0, 0.05) is 12.1 Å². The fraction of sp³-hybridized carbons (Fsp3) is 0.611. The van der Waals surface area contributed by atoms with Crippen LogP contribution in [0.15, 0.2) is 24.3 Å². The maximum absolute atomic E-state index is 11.8. The zero-order valence-electron chi connectivity index (χ0n) is 13.6. The number of carbonyl (C=O) groups excluding carboxylic acids is 1. The molecule has 21 heavy (non-hydrogen) atoms. The number of carbonyl (C=O) groups is 1. The Balaban J connectivity index is 2.81. The quantitative estimate of drug-likeness (QED) is 0.698. The number of rotatable bonds is 9. The number of nitrogens with one attached hydrogen (secondary N) is 1. The molecule has 0 aliphatic heterocycles. The number of unbranched alkanes of at least 4 members (excludes halogenated alkanes) is 2. The first-order valence-corrected chi connectivity index (χ1v) is 8.18. The number of aliphatic hydroxyl groups is 1. The summed E-state index contributed by atoms with van der Waals surface area (Å²) in [6.07, 6.45) is 5.97. The fourth-order valence-electron chi connectivity index (χ4n) is 2.44. The molecule has 0 aromatic heterocycles. The van der Waals surface area contributed by atoms with Crippen LogP contribution in [-0.4, -0.2) is 11.0 Å². The first-order valence-electron chi connectivity index (χ1n) is 8.18. The van der Waals surface area contributed by atoms with Crippen LogP contribution in [0.3, 0.4) is 0 Å². The molecule has 3 nitrogen and oxygen atoms in total. The Kier molecular flexibility index (Phi) is 7.44. The normalized spacial score (nSPS) is 13.7. The molecule has 1 rings (SSSR count). The van der Waals surface area contributed by atoms with Gasteiger partial charge in [-0.15, -0.1) is 0 Å². The Morgan fingerprint density at radius 2 is 1.90 bits per heavy atom. The molecule has 1 atom stereocenters. The molecule has 1 aromatic rings. The van der Waals surface area contributed by atoms with E-state index in [1.165, 1.54) is 0 Å². The molecule has 0 radical (unpaired) electrons. The van der Waals surface area contributed by atoms with Crippen LogP contribution in [-0.2, 0) is 10.4 Å². The molecule has 0 spiro atoms. The number of hydrogen-bond acceptors (Lipinski definition) is 2. The molecule has 0 aliphatic carbocycles. The second-order valence-electron chi connectivity index (χ2n) is 5.72. The van der Waals surface area contributed by atoms with Gasteiger partial charge in [0.05, 0.1) is 5.60 Å². The third-order valence-electron chi connectivity index (χ3n) is 3.97. The number of hydrogen-bond donors (Lipinski definition) is 2. The smallest absolute Gasteiger partial charge is 0.224 e. The summed E-state index contributed by atoms with van der Waals surface area (Å²) < 4.78 is 0. The van der Waals surface area contributed by atoms with Crippen molar-refractivity contribution in [2.24, 2.45) is 0 Å². The lowest BCUT2D eigenvalue weighted by Gasteiger charge is -2.28. The van der Waals surface area contributed by atoms with Crippen molar-refractivity contribution >= 4 is 11.6 Å². The predicted molar refractivity (Wildman–Crippen MR) is 88.3 cm³/mol. The lowest BCUT2D eigenvalue weighted by molar-refractivity contribution is -0.116. The van der Waals surface area contributed by atoms with Gasteiger partial charge in [0.15, 0.2) is 0 Å². The lowest BCUT2D eigenvalue weighted by atomic mass is 9.86. The molecule has 0 fully saturated rings. The average molecular weight is 291 g/mol. The van der Waals surface area contributed by atoms with Gasteiger partial charge in [-0.2, -0.15) is 0 Å². The Morgan fingerprint density at radius 1 is 1.19 bits per heavy atom. The average Bonchev–Trinajstić information content (AvgIpc) is 2.50. The highest BCUT2D eigenvalue weighted by Gasteiger charge is 2.26. The summed E-state index contributed by atoms with van der Waals surface area (Å²) in [7, 11) is 0. The van der Waals surface area contributed by atoms with Crippen molar-refractivity contribution in [3.63, 3.8) is 0 Å². The Bertz CT molecular complexity index is 445. The number of benzene rings is 1. The molecular weight excluding hydrogens is 262 g/mol. The van der Waals surface area contributed by atoms with Gasteiger partial charge in [0.25, 0.3) is 0 Å². The van der Waals surface area contributed by atoms with Gasteiger partial charge < -0.3 is 10.4 Å². The molecular formula is C18H29NO2. The summed E-state index contributed by atoms with van der Waals surface area (Å²) in [5.74, 6) is 0.0441. The van der Waals surface area contributed by atoms with Crippen molar-refractivity contribution in [2.45, 2.75) is 71.3 Å². The van der Waals surface area contributed by atoms with Crippen LogP contribution < -0.4 is 5.32 Å². The topological polar surface area (TPSA) is 49.3 Å². The maximum Gasteiger partial charge on any atom is 0.224 e. The first kappa shape index (κ1) is 17.7. The monoisotopic (exact) mass is 291 g/mol. The van der Waals surface area contributed by atoms with Crippen LogP contribution >= 0.6 is 0 Å². The number of amides is 1. The minimum absolute atomic E-state index is 0.0441. The zero-order valence-corrected chi connectivity index (χ0v) is 13.6. The fourth-order valence-corrected chi connectivity index (χ4v) is 2.44.